The van der Waals surface area contributed by atoms with Crippen LogP contribution in [0.1, 0.15) is 25.7 Å². The van der Waals surface area contributed by atoms with E-state index in [2.05, 4.69) is 0 Å². The van der Waals surface area contributed by atoms with Crippen molar-refractivity contribution < 1.29 is 19.8 Å². The van der Waals surface area contributed by atoms with Gasteiger partial charge in [0.15, 0.2) is 0 Å². The second kappa shape index (κ2) is 3.40. The van der Waals surface area contributed by atoms with Crippen molar-refractivity contribution >= 4 is 11.9 Å². The largest absolute Gasteiger partial charge is 0.481 e. The first-order chi connectivity index (χ1) is 9.58. The highest BCUT2D eigenvalue weighted by molar-refractivity contribution is 5.68. The van der Waals surface area contributed by atoms with Gasteiger partial charge in [-0.15, -0.1) is 0 Å². The molecule has 0 aliphatic heterocycles. The Morgan fingerprint density at radius 1 is 0.700 bits per heavy atom. The third-order valence-corrected chi connectivity index (χ3v) is 7.86. The quantitative estimate of drug-likeness (QED) is 0.823. The molecule has 0 heterocycles. The molecule has 4 nitrogen and oxygen atoms in total. The van der Waals surface area contributed by atoms with Crippen LogP contribution in [0.2, 0.25) is 0 Å². The van der Waals surface area contributed by atoms with Gasteiger partial charge in [-0.3, -0.25) is 9.59 Å². The van der Waals surface area contributed by atoms with Crippen molar-refractivity contribution in [1.29, 1.82) is 0 Å². The summed E-state index contributed by atoms with van der Waals surface area (Å²) in [6, 6.07) is 0. The summed E-state index contributed by atoms with van der Waals surface area (Å²) < 4.78 is 0. The number of carboxylic acid groups (broad SMARTS) is 2. The molecule has 6 unspecified atom stereocenters. The molecule has 0 aromatic heterocycles. The molecule has 20 heavy (non-hydrogen) atoms. The molecule has 0 saturated heterocycles. The molecular weight excluding hydrogens is 256 g/mol. The van der Waals surface area contributed by atoms with E-state index in [0.29, 0.717) is 48.3 Å². The highest BCUT2D eigenvalue weighted by Crippen LogP contribution is 2.83. The maximum absolute atomic E-state index is 11.2. The van der Waals surface area contributed by atoms with E-state index in [1.54, 1.807) is 0 Å². The summed E-state index contributed by atoms with van der Waals surface area (Å²) in [4.78, 5) is 22.3. The number of aliphatic carboxylic acids is 2. The highest BCUT2D eigenvalue weighted by Gasteiger charge is 2.78. The number of carboxylic acids is 2. The maximum atomic E-state index is 11.2. The van der Waals surface area contributed by atoms with E-state index in [1.165, 1.54) is 0 Å². The first-order valence-electron chi connectivity index (χ1n) is 8.01. The standard InChI is InChI=1S/C16H20O4/c17-11(18)3-5-7-1-8-6(4-12(19)20)10-2-9(5)15-13(7)14(8)16(10)15/h5-10,13-16H,1-4H2,(H,17,18)(H,19,20)/t5?,6?,7-,8-,9-,10+,13?,14?,15?,16?/m0/s1. The van der Waals surface area contributed by atoms with Gasteiger partial charge in [0.1, 0.15) is 0 Å². The third-order valence-electron chi connectivity index (χ3n) is 7.86. The molecule has 5 aliphatic carbocycles. The topological polar surface area (TPSA) is 74.6 Å². The minimum atomic E-state index is -0.640. The Hall–Kier alpha value is -1.06. The summed E-state index contributed by atoms with van der Waals surface area (Å²) in [6.07, 6.45) is 2.96. The normalized spacial score (nSPS) is 59.8. The van der Waals surface area contributed by atoms with Crippen molar-refractivity contribution in [3.05, 3.63) is 0 Å². The fourth-order valence-electron chi connectivity index (χ4n) is 7.91. The Kier molecular flexibility index (Phi) is 1.97. The van der Waals surface area contributed by atoms with Gasteiger partial charge in [-0.05, 0) is 72.0 Å². The molecule has 0 bridgehead atoms. The Balaban J connectivity index is 1.50. The summed E-state index contributed by atoms with van der Waals surface area (Å²) in [5, 5.41) is 18.4. The van der Waals surface area contributed by atoms with Crippen LogP contribution in [0, 0.1) is 59.2 Å². The molecule has 4 heteroatoms. The Morgan fingerprint density at radius 3 is 1.25 bits per heavy atom. The number of rotatable bonds is 4. The second-order valence-corrected chi connectivity index (χ2v) is 7.96. The Labute approximate surface area is 117 Å². The summed E-state index contributed by atoms with van der Waals surface area (Å²) in [5.74, 6) is 4.99. The number of hydrogen-bond acceptors (Lipinski definition) is 2. The van der Waals surface area contributed by atoms with Crippen molar-refractivity contribution in [3.8, 4) is 0 Å². The van der Waals surface area contributed by atoms with E-state index in [-0.39, 0.29) is 0 Å². The van der Waals surface area contributed by atoms with Crippen molar-refractivity contribution in [1.82, 2.24) is 0 Å². The van der Waals surface area contributed by atoms with E-state index in [0.717, 1.165) is 36.5 Å². The zero-order chi connectivity index (χ0) is 13.8. The molecule has 0 radical (unpaired) electrons. The lowest BCUT2D eigenvalue weighted by Gasteiger charge is -2.44. The minimum absolute atomic E-state index is 0.352. The van der Waals surface area contributed by atoms with E-state index >= 15 is 0 Å². The average molecular weight is 276 g/mol. The van der Waals surface area contributed by atoms with Crippen molar-refractivity contribution in [2.45, 2.75) is 25.7 Å². The van der Waals surface area contributed by atoms with Crippen LogP contribution >= 0.6 is 0 Å². The molecule has 5 saturated carbocycles. The Bertz CT molecular complexity index is 433. The molecule has 5 aliphatic rings. The third kappa shape index (κ3) is 1.09. The number of hydrogen-bond donors (Lipinski definition) is 2. The van der Waals surface area contributed by atoms with Crippen molar-refractivity contribution in [2.24, 2.45) is 59.2 Å². The molecule has 0 aromatic carbocycles. The first-order valence-corrected chi connectivity index (χ1v) is 8.01. The molecule has 0 spiro atoms. The van der Waals surface area contributed by atoms with Crippen LogP contribution in [-0.2, 0) is 9.59 Å². The number of carbonyl (C=O) groups is 2. The molecule has 2 N–H and O–H groups in total. The van der Waals surface area contributed by atoms with Gasteiger partial charge in [-0.2, -0.15) is 0 Å². The molecule has 5 rings (SSSR count). The average Bonchev–Trinajstić information content (AvgIpc) is 2.91. The van der Waals surface area contributed by atoms with Gasteiger partial charge in [0.2, 0.25) is 0 Å². The van der Waals surface area contributed by atoms with Crippen LogP contribution < -0.4 is 0 Å². The van der Waals surface area contributed by atoms with Gasteiger partial charge >= 0.3 is 11.9 Å². The molecule has 0 amide bonds. The van der Waals surface area contributed by atoms with Crippen LogP contribution in [-0.4, -0.2) is 22.2 Å². The first kappa shape index (κ1) is 11.6. The fourth-order valence-corrected chi connectivity index (χ4v) is 7.91. The molecular formula is C16H20O4. The predicted octanol–water partition coefficient (Wildman–Crippen LogP) is 1.95. The smallest absolute Gasteiger partial charge is 0.303 e. The van der Waals surface area contributed by atoms with Gasteiger partial charge in [-0.1, -0.05) is 0 Å². The van der Waals surface area contributed by atoms with Crippen molar-refractivity contribution in [3.63, 3.8) is 0 Å². The van der Waals surface area contributed by atoms with Crippen LogP contribution in [0.3, 0.4) is 0 Å². The van der Waals surface area contributed by atoms with Gasteiger partial charge in [0.05, 0.1) is 0 Å². The van der Waals surface area contributed by atoms with E-state index in [9.17, 15) is 19.8 Å². The summed E-state index contributed by atoms with van der Waals surface area (Å²) >= 11 is 0. The summed E-state index contributed by atoms with van der Waals surface area (Å²) in [5.41, 5.74) is 0. The van der Waals surface area contributed by atoms with E-state index in [4.69, 9.17) is 0 Å². The minimum Gasteiger partial charge on any atom is -0.481 e. The zero-order valence-corrected chi connectivity index (χ0v) is 11.3. The molecule has 108 valence electrons. The molecule has 5 fully saturated rings. The van der Waals surface area contributed by atoms with E-state index in [1.807, 2.05) is 0 Å². The van der Waals surface area contributed by atoms with Crippen LogP contribution in [0.15, 0.2) is 0 Å². The highest BCUT2D eigenvalue weighted by atomic mass is 16.4. The maximum Gasteiger partial charge on any atom is 0.303 e. The van der Waals surface area contributed by atoms with Crippen molar-refractivity contribution in [2.75, 3.05) is 0 Å². The van der Waals surface area contributed by atoms with Gasteiger partial charge < -0.3 is 10.2 Å². The van der Waals surface area contributed by atoms with E-state index < -0.39 is 11.9 Å². The predicted molar refractivity (Wildman–Crippen MR) is 68.6 cm³/mol. The van der Waals surface area contributed by atoms with Gasteiger partial charge in [0.25, 0.3) is 0 Å². The second-order valence-electron chi connectivity index (χ2n) is 7.96. The van der Waals surface area contributed by atoms with Crippen LogP contribution in [0.4, 0.5) is 0 Å². The lowest BCUT2D eigenvalue weighted by atomic mass is 9.60. The fraction of sp³-hybridized carbons (Fsp3) is 0.875. The lowest BCUT2D eigenvalue weighted by Crippen LogP contribution is -2.41. The monoisotopic (exact) mass is 276 g/mol. The lowest BCUT2D eigenvalue weighted by molar-refractivity contribution is -0.139. The summed E-state index contributed by atoms with van der Waals surface area (Å²) in [6.45, 7) is 0. The Morgan fingerprint density at radius 2 is 1.00 bits per heavy atom. The SMILES string of the molecule is O=C(O)CC1[C@@H]2C[C@@H]3C4C2C2C4[C@H](C[C@H]21)C3CC(=O)O. The molecule has 10 atom stereocenters. The van der Waals surface area contributed by atoms with Crippen LogP contribution in [0.25, 0.3) is 0 Å². The van der Waals surface area contributed by atoms with Gasteiger partial charge in [-0.25, -0.2) is 0 Å². The van der Waals surface area contributed by atoms with Gasteiger partial charge in [0, 0.05) is 12.8 Å². The van der Waals surface area contributed by atoms with Crippen LogP contribution in [0.5, 0.6) is 0 Å². The molecule has 0 aromatic rings. The summed E-state index contributed by atoms with van der Waals surface area (Å²) in [7, 11) is 0. The zero-order valence-electron chi connectivity index (χ0n) is 11.3.